The standard InChI is InChI=1S/C28H31NO7/c1-2-27(30)35-19-18-33-17-16-32-15-13-29-28(31)36-26-11-9-23-20-25(10-8-24(23)21-26)34-14-12-22-6-4-3-5-7-22/h2-11,20-21H,1,12-19H2,(H,29,31). The molecular weight excluding hydrogens is 462 g/mol. The summed E-state index contributed by atoms with van der Waals surface area (Å²) in [7, 11) is 0. The summed E-state index contributed by atoms with van der Waals surface area (Å²) in [5, 5.41) is 4.58. The molecule has 8 nitrogen and oxygen atoms in total. The van der Waals surface area contributed by atoms with E-state index in [-0.39, 0.29) is 13.2 Å². The summed E-state index contributed by atoms with van der Waals surface area (Å²) in [6, 6.07) is 21.5. The van der Waals surface area contributed by atoms with Crippen LogP contribution in [0.4, 0.5) is 4.79 Å². The Balaban J connectivity index is 1.30. The molecule has 0 aliphatic heterocycles. The van der Waals surface area contributed by atoms with Crippen LogP contribution in [0.1, 0.15) is 5.56 Å². The first-order valence-electron chi connectivity index (χ1n) is 11.7. The van der Waals surface area contributed by atoms with E-state index in [2.05, 4.69) is 24.0 Å². The van der Waals surface area contributed by atoms with Gasteiger partial charge in [-0.05, 0) is 40.6 Å². The predicted molar refractivity (Wildman–Crippen MR) is 136 cm³/mol. The third kappa shape index (κ3) is 9.77. The summed E-state index contributed by atoms with van der Waals surface area (Å²) in [6.45, 7) is 5.67. The predicted octanol–water partition coefficient (Wildman–Crippen LogP) is 4.31. The smallest absolute Gasteiger partial charge is 0.412 e. The van der Waals surface area contributed by atoms with E-state index in [1.54, 1.807) is 6.07 Å². The number of benzene rings is 3. The number of hydrogen-bond donors (Lipinski definition) is 1. The molecular formula is C28H31NO7. The Morgan fingerprint density at radius 1 is 0.778 bits per heavy atom. The second-order valence-electron chi connectivity index (χ2n) is 7.67. The van der Waals surface area contributed by atoms with Crippen LogP contribution in [0.2, 0.25) is 0 Å². The maximum absolute atomic E-state index is 12.0. The van der Waals surface area contributed by atoms with E-state index in [4.69, 9.17) is 23.7 Å². The Hall–Kier alpha value is -3.88. The first kappa shape index (κ1) is 26.7. The molecule has 0 saturated carbocycles. The largest absolute Gasteiger partial charge is 0.493 e. The average molecular weight is 494 g/mol. The van der Waals surface area contributed by atoms with Crippen molar-refractivity contribution < 1.29 is 33.3 Å². The molecule has 190 valence electrons. The van der Waals surface area contributed by atoms with Crippen LogP contribution >= 0.6 is 0 Å². The van der Waals surface area contributed by atoms with Crippen molar-refractivity contribution >= 4 is 22.8 Å². The number of amides is 1. The van der Waals surface area contributed by atoms with Gasteiger partial charge in [-0.3, -0.25) is 0 Å². The lowest BCUT2D eigenvalue weighted by molar-refractivity contribution is -0.139. The molecule has 0 bridgehead atoms. The van der Waals surface area contributed by atoms with Crippen molar-refractivity contribution in [1.82, 2.24) is 5.32 Å². The number of carbonyl (C=O) groups is 2. The van der Waals surface area contributed by atoms with Crippen LogP contribution in [0.15, 0.2) is 79.4 Å². The van der Waals surface area contributed by atoms with Crippen molar-refractivity contribution in [3.8, 4) is 11.5 Å². The zero-order valence-corrected chi connectivity index (χ0v) is 20.1. The first-order valence-corrected chi connectivity index (χ1v) is 11.7. The van der Waals surface area contributed by atoms with Crippen molar-refractivity contribution in [3.63, 3.8) is 0 Å². The van der Waals surface area contributed by atoms with Crippen LogP contribution in [0.3, 0.4) is 0 Å². The molecule has 0 aliphatic rings. The van der Waals surface area contributed by atoms with Crippen molar-refractivity contribution in [2.45, 2.75) is 6.42 Å². The van der Waals surface area contributed by atoms with Gasteiger partial charge in [0.1, 0.15) is 18.1 Å². The quantitative estimate of drug-likeness (QED) is 0.192. The maximum atomic E-state index is 12.0. The minimum Gasteiger partial charge on any atom is -0.493 e. The van der Waals surface area contributed by atoms with Crippen LogP contribution in [-0.2, 0) is 25.4 Å². The second kappa shape index (κ2) is 15.2. The third-order valence-corrected chi connectivity index (χ3v) is 5.02. The van der Waals surface area contributed by atoms with Gasteiger partial charge in [-0.2, -0.15) is 0 Å². The molecule has 0 atom stereocenters. The number of carbonyl (C=O) groups excluding carboxylic acids is 2. The number of ether oxygens (including phenoxy) is 5. The summed E-state index contributed by atoms with van der Waals surface area (Å²) in [6.07, 6.45) is 1.38. The number of fused-ring (bicyclic) bond motifs is 1. The third-order valence-electron chi connectivity index (χ3n) is 5.02. The molecule has 0 saturated heterocycles. The Morgan fingerprint density at radius 3 is 2.19 bits per heavy atom. The highest BCUT2D eigenvalue weighted by Crippen LogP contribution is 2.25. The van der Waals surface area contributed by atoms with E-state index in [1.165, 1.54) is 5.56 Å². The minimum absolute atomic E-state index is 0.163. The molecule has 0 spiro atoms. The topological polar surface area (TPSA) is 92.3 Å². The van der Waals surface area contributed by atoms with E-state index in [0.717, 1.165) is 29.0 Å². The van der Waals surface area contributed by atoms with Gasteiger partial charge in [0.15, 0.2) is 0 Å². The van der Waals surface area contributed by atoms with Crippen molar-refractivity contribution in [2.24, 2.45) is 0 Å². The number of hydrogen-bond acceptors (Lipinski definition) is 7. The molecule has 1 amide bonds. The van der Waals surface area contributed by atoms with Crippen molar-refractivity contribution in [1.29, 1.82) is 0 Å². The van der Waals surface area contributed by atoms with Gasteiger partial charge in [0.25, 0.3) is 0 Å². The van der Waals surface area contributed by atoms with Gasteiger partial charge in [0.2, 0.25) is 0 Å². The van der Waals surface area contributed by atoms with E-state index < -0.39 is 12.1 Å². The molecule has 8 heteroatoms. The summed E-state index contributed by atoms with van der Waals surface area (Å²) < 4.78 is 26.7. The lowest BCUT2D eigenvalue weighted by Crippen LogP contribution is -2.30. The number of rotatable bonds is 15. The molecule has 3 rings (SSSR count). The van der Waals surface area contributed by atoms with Crippen LogP contribution in [0.25, 0.3) is 10.8 Å². The number of nitrogens with one attached hydrogen (secondary N) is 1. The molecule has 0 aromatic heterocycles. The van der Waals surface area contributed by atoms with Crippen LogP contribution in [-0.4, -0.2) is 58.2 Å². The summed E-state index contributed by atoms with van der Waals surface area (Å²) >= 11 is 0. The Labute approximate surface area is 210 Å². The fraction of sp³-hybridized carbons (Fsp3) is 0.286. The molecule has 0 radical (unpaired) electrons. The minimum atomic E-state index is -0.556. The fourth-order valence-corrected chi connectivity index (χ4v) is 3.24. The monoisotopic (exact) mass is 493 g/mol. The maximum Gasteiger partial charge on any atom is 0.412 e. The number of esters is 1. The van der Waals surface area contributed by atoms with Crippen LogP contribution in [0, 0.1) is 0 Å². The molecule has 0 fully saturated rings. The zero-order valence-electron chi connectivity index (χ0n) is 20.1. The molecule has 1 N–H and O–H groups in total. The van der Waals surface area contributed by atoms with Gasteiger partial charge in [-0.1, -0.05) is 49.0 Å². The summed E-state index contributed by atoms with van der Waals surface area (Å²) in [4.78, 5) is 22.9. The van der Waals surface area contributed by atoms with E-state index in [1.807, 2.05) is 48.5 Å². The van der Waals surface area contributed by atoms with Crippen LogP contribution in [0.5, 0.6) is 11.5 Å². The normalized spacial score (nSPS) is 10.6. The molecule has 3 aromatic rings. The second-order valence-corrected chi connectivity index (χ2v) is 7.67. The highest BCUT2D eigenvalue weighted by molar-refractivity contribution is 5.86. The van der Waals surface area contributed by atoms with Crippen molar-refractivity contribution in [3.05, 3.63) is 84.9 Å². The lowest BCUT2D eigenvalue weighted by atomic mass is 10.1. The highest BCUT2D eigenvalue weighted by Gasteiger charge is 2.06. The highest BCUT2D eigenvalue weighted by atomic mass is 16.6. The first-order chi connectivity index (χ1) is 17.6. The zero-order chi connectivity index (χ0) is 25.4. The molecule has 3 aromatic carbocycles. The fourth-order valence-electron chi connectivity index (χ4n) is 3.24. The molecule has 0 aliphatic carbocycles. The molecule has 0 unspecified atom stereocenters. The Morgan fingerprint density at radius 2 is 1.44 bits per heavy atom. The van der Waals surface area contributed by atoms with Gasteiger partial charge in [0.05, 0.1) is 33.0 Å². The summed E-state index contributed by atoms with van der Waals surface area (Å²) in [5.41, 5.74) is 1.24. The van der Waals surface area contributed by atoms with E-state index >= 15 is 0 Å². The van der Waals surface area contributed by atoms with Gasteiger partial charge >= 0.3 is 12.1 Å². The average Bonchev–Trinajstić information content (AvgIpc) is 2.90. The lowest BCUT2D eigenvalue weighted by Gasteiger charge is -2.10. The van der Waals surface area contributed by atoms with Gasteiger partial charge in [0, 0.05) is 19.0 Å². The van der Waals surface area contributed by atoms with Gasteiger partial charge in [-0.15, -0.1) is 0 Å². The molecule has 36 heavy (non-hydrogen) atoms. The SMILES string of the molecule is C=CC(=O)OCCOCCOCCNC(=O)Oc1ccc2cc(OCCc3ccccc3)ccc2c1. The van der Waals surface area contributed by atoms with Crippen LogP contribution < -0.4 is 14.8 Å². The van der Waals surface area contributed by atoms with Gasteiger partial charge in [-0.25, -0.2) is 9.59 Å². The van der Waals surface area contributed by atoms with Gasteiger partial charge < -0.3 is 29.0 Å². The van der Waals surface area contributed by atoms with E-state index in [0.29, 0.717) is 38.7 Å². The summed E-state index contributed by atoms with van der Waals surface area (Å²) in [5.74, 6) is 0.765. The van der Waals surface area contributed by atoms with Crippen molar-refractivity contribution in [2.75, 3.05) is 46.2 Å². The Bertz CT molecular complexity index is 1120. The van der Waals surface area contributed by atoms with E-state index in [9.17, 15) is 9.59 Å². The Kier molecular flexibility index (Phi) is 11.3. The molecule has 0 heterocycles.